The summed E-state index contributed by atoms with van der Waals surface area (Å²) in [5.74, 6) is 0.123. The van der Waals surface area contributed by atoms with E-state index in [4.69, 9.17) is 0 Å². The van der Waals surface area contributed by atoms with Gasteiger partial charge in [0, 0.05) is 13.0 Å². The third-order valence-corrected chi connectivity index (χ3v) is 5.21. The Balaban J connectivity index is 1.99. The molecule has 0 aliphatic carbocycles. The van der Waals surface area contributed by atoms with Crippen LogP contribution >= 0.6 is 11.8 Å². The van der Waals surface area contributed by atoms with Gasteiger partial charge in [-0.05, 0) is 29.5 Å². The molecular weight excluding hydrogens is 435 g/mol. The SMILES string of the molecule is CC(=O)NCc1nnc(Sc2ccc(C(F)(F)F)cc2[N+](=O)[O-])n1Cc1ccccc1. The number of nitrogens with zero attached hydrogens (tertiary/aromatic N) is 4. The van der Waals surface area contributed by atoms with E-state index in [9.17, 15) is 28.1 Å². The molecule has 0 aliphatic heterocycles. The average Bonchev–Trinajstić information content (AvgIpc) is 3.07. The normalized spacial score (nSPS) is 11.4. The Morgan fingerprint density at radius 1 is 1.19 bits per heavy atom. The van der Waals surface area contributed by atoms with Gasteiger partial charge in [0.05, 0.1) is 28.5 Å². The molecule has 0 saturated heterocycles. The highest BCUT2D eigenvalue weighted by molar-refractivity contribution is 7.99. The maximum atomic E-state index is 13.0. The van der Waals surface area contributed by atoms with E-state index in [1.165, 1.54) is 6.92 Å². The quantitative estimate of drug-likeness (QED) is 0.430. The molecule has 0 atom stereocenters. The second kappa shape index (κ2) is 9.16. The minimum Gasteiger partial charge on any atom is -0.349 e. The Kier molecular flexibility index (Phi) is 6.59. The molecule has 1 amide bonds. The molecular formula is C19H16F3N5O3S. The lowest BCUT2D eigenvalue weighted by Gasteiger charge is -2.11. The third-order valence-electron chi connectivity index (χ3n) is 4.16. The summed E-state index contributed by atoms with van der Waals surface area (Å²) in [5.41, 5.74) is -0.909. The van der Waals surface area contributed by atoms with E-state index in [0.29, 0.717) is 18.4 Å². The lowest BCUT2D eigenvalue weighted by molar-refractivity contribution is -0.388. The highest BCUT2D eigenvalue weighted by Crippen LogP contribution is 2.39. The number of nitro benzene ring substituents is 1. The Hall–Kier alpha value is -3.41. The molecule has 31 heavy (non-hydrogen) atoms. The summed E-state index contributed by atoms with van der Waals surface area (Å²) in [6.07, 6.45) is -4.70. The zero-order valence-electron chi connectivity index (χ0n) is 16.1. The number of rotatable bonds is 7. The van der Waals surface area contributed by atoms with Gasteiger partial charge >= 0.3 is 6.18 Å². The van der Waals surface area contributed by atoms with Gasteiger partial charge in [-0.15, -0.1) is 10.2 Å². The molecule has 2 aromatic carbocycles. The zero-order valence-corrected chi connectivity index (χ0v) is 16.9. The third kappa shape index (κ3) is 5.60. The molecule has 1 heterocycles. The van der Waals surface area contributed by atoms with Crippen molar-refractivity contribution in [3.63, 3.8) is 0 Å². The molecule has 0 radical (unpaired) electrons. The topological polar surface area (TPSA) is 103 Å². The predicted molar refractivity (Wildman–Crippen MR) is 105 cm³/mol. The van der Waals surface area contributed by atoms with Crippen LogP contribution in [0.25, 0.3) is 0 Å². The van der Waals surface area contributed by atoms with E-state index in [-0.39, 0.29) is 22.5 Å². The lowest BCUT2D eigenvalue weighted by Crippen LogP contribution is -2.22. The van der Waals surface area contributed by atoms with Crippen LogP contribution in [0.5, 0.6) is 0 Å². The number of nitro groups is 1. The Labute approximate surface area is 178 Å². The number of amides is 1. The number of benzene rings is 2. The van der Waals surface area contributed by atoms with Gasteiger partial charge in [0.15, 0.2) is 11.0 Å². The minimum absolute atomic E-state index is 0.00853. The molecule has 0 saturated carbocycles. The smallest absolute Gasteiger partial charge is 0.349 e. The van der Waals surface area contributed by atoms with Gasteiger partial charge in [-0.1, -0.05) is 30.3 Å². The first-order chi connectivity index (χ1) is 14.6. The van der Waals surface area contributed by atoms with Crippen LogP contribution in [-0.4, -0.2) is 25.6 Å². The van der Waals surface area contributed by atoms with Gasteiger partial charge in [0.25, 0.3) is 5.69 Å². The number of aromatic nitrogens is 3. The maximum absolute atomic E-state index is 13.0. The van der Waals surface area contributed by atoms with Crippen molar-refractivity contribution in [2.24, 2.45) is 0 Å². The first-order valence-electron chi connectivity index (χ1n) is 8.89. The van der Waals surface area contributed by atoms with Crippen LogP contribution in [0.2, 0.25) is 0 Å². The van der Waals surface area contributed by atoms with E-state index in [1.807, 2.05) is 30.3 Å². The summed E-state index contributed by atoms with van der Waals surface area (Å²) in [6, 6.07) is 11.6. The molecule has 0 fully saturated rings. The van der Waals surface area contributed by atoms with E-state index >= 15 is 0 Å². The summed E-state index contributed by atoms with van der Waals surface area (Å²) in [5, 5.41) is 22.3. The van der Waals surface area contributed by atoms with Crippen molar-refractivity contribution >= 4 is 23.4 Å². The Morgan fingerprint density at radius 3 is 2.52 bits per heavy atom. The lowest BCUT2D eigenvalue weighted by atomic mass is 10.2. The van der Waals surface area contributed by atoms with Crippen molar-refractivity contribution in [1.29, 1.82) is 0 Å². The molecule has 12 heteroatoms. The second-order valence-corrected chi connectivity index (χ2v) is 7.43. The molecule has 0 unspecified atom stereocenters. The van der Waals surface area contributed by atoms with Crippen molar-refractivity contribution in [3.8, 4) is 0 Å². The van der Waals surface area contributed by atoms with Crippen molar-refractivity contribution in [2.75, 3.05) is 0 Å². The highest BCUT2D eigenvalue weighted by Gasteiger charge is 2.33. The molecule has 3 aromatic rings. The number of nitrogens with one attached hydrogen (secondary N) is 1. The Bertz CT molecular complexity index is 1100. The number of alkyl halides is 3. The maximum Gasteiger partial charge on any atom is 0.416 e. The van der Waals surface area contributed by atoms with Crippen molar-refractivity contribution in [3.05, 3.63) is 75.6 Å². The molecule has 1 aromatic heterocycles. The number of halogens is 3. The highest BCUT2D eigenvalue weighted by atomic mass is 32.2. The molecule has 8 nitrogen and oxygen atoms in total. The average molecular weight is 451 g/mol. The van der Waals surface area contributed by atoms with Crippen LogP contribution in [0.3, 0.4) is 0 Å². The monoisotopic (exact) mass is 451 g/mol. The van der Waals surface area contributed by atoms with Crippen molar-refractivity contribution in [1.82, 2.24) is 20.1 Å². The number of hydrogen-bond donors (Lipinski definition) is 1. The second-order valence-electron chi connectivity index (χ2n) is 6.42. The number of carbonyl (C=O) groups excluding carboxylic acids is 1. The standard InChI is InChI=1S/C19H16F3N5O3S/c1-12(28)23-10-17-24-25-18(26(17)11-13-5-3-2-4-6-13)31-16-8-7-14(19(20,21)22)9-15(16)27(29)30/h2-9H,10-11H2,1H3,(H,23,28). The largest absolute Gasteiger partial charge is 0.416 e. The first kappa shape index (κ1) is 22.3. The number of carbonyl (C=O) groups is 1. The predicted octanol–water partition coefficient (Wildman–Crippen LogP) is 4.04. The van der Waals surface area contributed by atoms with Gasteiger partial charge < -0.3 is 5.32 Å². The van der Waals surface area contributed by atoms with Gasteiger partial charge in [0.2, 0.25) is 5.91 Å². The van der Waals surface area contributed by atoms with E-state index in [0.717, 1.165) is 29.5 Å². The molecule has 0 bridgehead atoms. The van der Waals surface area contributed by atoms with Crippen LogP contribution in [0, 0.1) is 10.1 Å². The van der Waals surface area contributed by atoms with E-state index in [1.54, 1.807) is 4.57 Å². The Morgan fingerprint density at radius 2 is 1.90 bits per heavy atom. The molecule has 3 rings (SSSR count). The van der Waals surface area contributed by atoms with Gasteiger partial charge in [0.1, 0.15) is 0 Å². The van der Waals surface area contributed by atoms with Crippen LogP contribution in [-0.2, 0) is 24.1 Å². The van der Waals surface area contributed by atoms with Crippen molar-refractivity contribution < 1.29 is 22.9 Å². The zero-order chi connectivity index (χ0) is 22.6. The fourth-order valence-corrected chi connectivity index (χ4v) is 3.61. The minimum atomic E-state index is -4.70. The molecule has 1 N–H and O–H groups in total. The van der Waals surface area contributed by atoms with Crippen LogP contribution in [0.15, 0.2) is 58.6 Å². The van der Waals surface area contributed by atoms with Crippen LogP contribution in [0.4, 0.5) is 18.9 Å². The first-order valence-corrected chi connectivity index (χ1v) is 9.70. The summed E-state index contributed by atoms with van der Waals surface area (Å²) in [4.78, 5) is 21.8. The fourth-order valence-electron chi connectivity index (χ4n) is 2.67. The summed E-state index contributed by atoms with van der Waals surface area (Å²) < 4.78 is 40.5. The van der Waals surface area contributed by atoms with E-state index < -0.39 is 22.4 Å². The van der Waals surface area contributed by atoms with E-state index in [2.05, 4.69) is 15.5 Å². The van der Waals surface area contributed by atoms with Crippen molar-refractivity contribution in [2.45, 2.75) is 36.2 Å². The molecule has 0 aliphatic rings. The summed E-state index contributed by atoms with van der Waals surface area (Å²) in [6.45, 7) is 1.73. The fraction of sp³-hybridized carbons (Fsp3) is 0.211. The molecule has 162 valence electrons. The molecule has 0 spiro atoms. The van der Waals surface area contributed by atoms with Crippen LogP contribution < -0.4 is 5.32 Å². The van der Waals surface area contributed by atoms with Gasteiger partial charge in [-0.25, -0.2) is 0 Å². The summed E-state index contributed by atoms with van der Waals surface area (Å²) >= 11 is 0.830. The van der Waals surface area contributed by atoms with Gasteiger partial charge in [-0.3, -0.25) is 19.5 Å². The van der Waals surface area contributed by atoms with Gasteiger partial charge in [-0.2, -0.15) is 13.2 Å². The van der Waals surface area contributed by atoms with Crippen LogP contribution in [0.1, 0.15) is 23.9 Å². The number of hydrogen-bond acceptors (Lipinski definition) is 6. The summed E-state index contributed by atoms with van der Waals surface area (Å²) in [7, 11) is 0.